The van der Waals surface area contributed by atoms with Crippen LogP contribution in [-0.2, 0) is 6.42 Å². The molecule has 1 N–H and O–H groups in total. The summed E-state index contributed by atoms with van der Waals surface area (Å²) in [6, 6.07) is 11.8. The van der Waals surface area contributed by atoms with Gasteiger partial charge < -0.3 is 19.5 Å². The molecule has 0 radical (unpaired) electrons. The minimum Gasteiger partial charge on any atom is -0.493 e. The Kier molecular flexibility index (Phi) is 5.99. The van der Waals surface area contributed by atoms with Crippen molar-refractivity contribution in [1.82, 2.24) is 9.97 Å². The van der Waals surface area contributed by atoms with Crippen molar-refractivity contribution < 1.29 is 19.0 Å². The monoisotopic (exact) mass is 433 g/mol. The number of benzene rings is 2. The summed E-state index contributed by atoms with van der Waals surface area (Å²) in [5.74, 6) is 2.16. The molecule has 32 heavy (non-hydrogen) atoms. The number of carbonyl (C=O) groups is 1. The normalized spacial score (nSPS) is 15.2. The van der Waals surface area contributed by atoms with Crippen LogP contribution in [0.4, 0.5) is 11.6 Å². The van der Waals surface area contributed by atoms with Crippen molar-refractivity contribution >= 4 is 17.4 Å². The molecule has 0 saturated carbocycles. The second-order valence-electron chi connectivity index (χ2n) is 7.94. The van der Waals surface area contributed by atoms with E-state index >= 15 is 0 Å². The lowest BCUT2D eigenvalue weighted by molar-refractivity contribution is 0.0962. The molecule has 7 nitrogen and oxygen atoms in total. The van der Waals surface area contributed by atoms with Crippen LogP contribution in [0, 0.1) is 13.8 Å². The Morgan fingerprint density at radius 2 is 1.66 bits per heavy atom. The SMILES string of the molecule is COc1cc(C2CC(=O)c3c(C)nc(Nc4cccc(C)c4)nc3C2)cc(OC)c1OC. The van der Waals surface area contributed by atoms with E-state index in [2.05, 4.69) is 10.3 Å². The van der Waals surface area contributed by atoms with E-state index in [9.17, 15) is 4.79 Å². The largest absolute Gasteiger partial charge is 0.493 e. The number of aryl methyl sites for hydroxylation is 2. The number of nitrogens with zero attached hydrogens (tertiary/aromatic N) is 2. The molecule has 1 aromatic heterocycles. The minimum absolute atomic E-state index is 0.0459. The molecule has 0 fully saturated rings. The number of carbonyl (C=O) groups excluding carboxylic acids is 1. The van der Waals surface area contributed by atoms with Crippen LogP contribution in [0.25, 0.3) is 0 Å². The summed E-state index contributed by atoms with van der Waals surface area (Å²) in [7, 11) is 4.74. The second kappa shape index (κ2) is 8.86. The Labute approximate surface area is 187 Å². The highest BCUT2D eigenvalue weighted by molar-refractivity contribution is 5.99. The lowest BCUT2D eigenvalue weighted by atomic mass is 9.81. The molecule has 4 rings (SSSR count). The third-order valence-electron chi connectivity index (χ3n) is 5.75. The Balaban J connectivity index is 1.69. The molecule has 0 saturated heterocycles. The molecule has 1 unspecified atom stereocenters. The minimum atomic E-state index is -0.0511. The third-order valence-corrected chi connectivity index (χ3v) is 5.75. The smallest absolute Gasteiger partial charge is 0.227 e. The first-order chi connectivity index (χ1) is 15.4. The van der Waals surface area contributed by atoms with Crippen LogP contribution in [0.3, 0.4) is 0 Å². The van der Waals surface area contributed by atoms with Gasteiger partial charge in [-0.2, -0.15) is 0 Å². The third kappa shape index (κ3) is 4.10. The summed E-state index contributed by atoms with van der Waals surface area (Å²) in [5, 5.41) is 3.27. The van der Waals surface area contributed by atoms with Gasteiger partial charge in [0.1, 0.15) is 0 Å². The zero-order valence-corrected chi connectivity index (χ0v) is 19.0. The average molecular weight is 434 g/mol. The van der Waals surface area contributed by atoms with Gasteiger partial charge in [0.25, 0.3) is 0 Å². The summed E-state index contributed by atoms with van der Waals surface area (Å²) in [6.45, 7) is 3.89. The van der Waals surface area contributed by atoms with Crippen molar-refractivity contribution in [3.05, 3.63) is 64.5 Å². The molecule has 166 valence electrons. The summed E-state index contributed by atoms with van der Waals surface area (Å²) >= 11 is 0. The molecule has 1 aliphatic rings. The molecule has 1 atom stereocenters. The van der Waals surface area contributed by atoms with Crippen molar-refractivity contribution in [2.75, 3.05) is 26.6 Å². The molecular weight excluding hydrogens is 406 g/mol. The van der Waals surface area contributed by atoms with Crippen LogP contribution in [0.2, 0.25) is 0 Å². The van der Waals surface area contributed by atoms with Gasteiger partial charge in [0, 0.05) is 12.1 Å². The van der Waals surface area contributed by atoms with Crippen LogP contribution in [0.5, 0.6) is 17.2 Å². The van der Waals surface area contributed by atoms with Crippen LogP contribution in [-0.4, -0.2) is 37.1 Å². The number of hydrogen-bond donors (Lipinski definition) is 1. The second-order valence-corrected chi connectivity index (χ2v) is 7.94. The summed E-state index contributed by atoms with van der Waals surface area (Å²) in [6.07, 6.45) is 0.992. The highest BCUT2D eigenvalue weighted by Gasteiger charge is 2.31. The first-order valence-electron chi connectivity index (χ1n) is 10.5. The Morgan fingerprint density at radius 3 is 2.28 bits per heavy atom. The summed E-state index contributed by atoms with van der Waals surface area (Å²) < 4.78 is 16.4. The molecular formula is C25H27N3O4. The molecule has 1 aliphatic carbocycles. The van der Waals surface area contributed by atoms with E-state index in [4.69, 9.17) is 19.2 Å². The quantitative estimate of drug-likeness (QED) is 0.599. The average Bonchev–Trinajstić information content (AvgIpc) is 2.77. The van der Waals surface area contributed by atoms with Crippen molar-refractivity contribution in [3.8, 4) is 17.2 Å². The Bertz CT molecular complexity index is 1150. The summed E-state index contributed by atoms with van der Waals surface area (Å²) in [4.78, 5) is 22.3. The van der Waals surface area contributed by atoms with E-state index in [1.54, 1.807) is 21.3 Å². The maximum absolute atomic E-state index is 13.0. The van der Waals surface area contributed by atoms with Crippen molar-refractivity contribution in [2.24, 2.45) is 0 Å². The Hall–Kier alpha value is -3.61. The van der Waals surface area contributed by atoms with Crippen LogP contribution >= 0.6 is 0 Å². The van der Waals surface area contributed by atoms with Gasteiger partial charge in [0.05, 0.1) is 38.3 Å². The van der Waals surface area contributed by atoms with E-state index in [-0.39, 0.29) is 11.7 Å². The number of ketones is 1. The molecule has 0 spiro atoms. The number of hydrogen-bond acceptors (Lipinski definition) is 7. The predicted molar refractivity (Wildman–Crippen MR) is 123 cm³/mol. The number of nitrogens with one attached hydrogen (secondary N) is 1. The summed E-state index contributed by atoms with van der Waals surface area (Å²) in [5.41, 5.74) is 5.07. The molecule has 0 amide bonds. The topological polar surface area (TPSA) is 82.6 Å². The fraction of sp³-hybridized carbons (Fsp3) is 0.320. The highest BCUT2D eigenvalue weighted by atomic mass is 16.5. The number of rotatable bonds is 6. The van der Waals surface area contributed by atoms with E-state index in [0.29, 0.717) is 47.3 Å². The van der Waals surface area contributed by atoms with Crippen LogP contribution < -0.4 is 19.5 Å². The lowest BCUT2D eigenvalue weighted by Gasteiger charge is -2.26. The molecule has 0 bridgehead atoms. The van der Waals surface area contributed by atoms with Crippen molar-refractivity contribution in [3.63, 3.8) is 0 Å². The fourth-order valence-corrected chi connectivity index (χ4v) is 4.25. The number of ether oxygens (including phenoxy) is 3. The molecule has 0 aliphatic heterocycles. The van der Waals surface area contributed by atoms with Crippen LogP contribution in [0.1, 0.15) is 45.2 Å². The van der Waals surface area contributed by atoms with Crippen molar-refractivity contribution in [2.45, 2.75) is 32.6 Å². The molecule has 1 heterocycles. The van der Waals surface area contributed by atoms with Gasteiger partial charge in [-0.3, -0.25) is 4.79 Å². The fourth-order valence-electron chi connectivity index (χ4n) is 4.25. The number of fused-ring (bicyclic) bond motifs is 1. The van der Waals surface area contributed by atoms with E-state index in [0.717, 1.165) is 22.5 Å². The number of aromatic nitrogens is 2. The van der Waals surface area contributed by atoms with E-state index < -0.39 is 0 Å². The highest BCUT2D eigenvalue weighted by Crippen LogP contribution is 2.43. The van der Waals surface area contributed by atoms with Gasteiger partial charge in [-0.25, -0.2) is 9.97 Å². The maximum atomic E-state index is 13.0. The Morgan fingerprint density at radius 1 is 0.938 bits per heavy atom. The zero-order valence-electron chi connectivity index (χ0n) is 19.0. The standard InChI is InChI=1S/C25H27N3O4/c1-14-7-6-8-18(9-14)27-25-26-15(2)23-19(28-25)10-16(11-20(23)29)17-12-21(30-3)24(32-5)22(13-17)31-4/h6-9,12-13,16H,10-11H2,1-5H3,(H,26,27,28). The van der Waals surface area contributed by atoms with Gasteiger partial charge >= 0.3 is 0 Å². The number of Topliss-reactive ketones (excluding diaryl/α,β-unsaturated/α-hetero) is 1. The van der Waals surface area contributed by atoms with Gasteiger partial charge in [-0.05, 0) is 61.6 Å². The zero-order chi connectivity index (χ0) is 22.8. The first kappa shape index (κ1) is 21.6. The predicted octanol–water partition coefficient (Wildman–Crippen LogP) is 4.78. The van der Waals surface area contributed by atoms with E-state index in [1.807, 2.05) is 50.2 Å². The molecule has 3 aromatic rings. The molecule has 2 aromatic carbocycles. The van der Waals surface area contributed by atoms with Crippen molar-refractivity contribution in [1.29, 1.82) is 0 Å². The van der Waals surface area contributed by atoms with Gasteiger partial charge in [0.15, 0.2) is 17.3 Å². The first-order valence-corrected chi connectivity index (χ1v) is 10.5. The van der Waals surface area contributed by atoms with Gasteiger partial charge in [-0.1, -0.05) is 12.1 Å². The maximum Gasteiger partial charge on any atom is 0.227 e. The van der Waals surface area contributed by atoms with Gasteiger partial charge in [-0.15, -0.1) is 0 Å². The number of anilines is 2. The molecule has 7 heteroatoms. The van der Waals surface area contributed by atoms with E-state index in [1.165, 1.54) is 0 Å². The van der Waals surface area contributed by atoms with Crippen LogP contribution in [0.15, 0.2) is 36.4 Å². The van der Waals surface area contributed by atoms with Gasteiger partial charge in [0.2, 0.25) is 11.7 Å². The number of methoxy groups -OCH3 is 3. The lowest BCUT2D eigenvalue weighted by Crippen LogP contribution is -2.23.